The fourth-order valence-corrected chi connectivity index (χ4v) is 3.26. The lowest BCUT2D eigenvalue weighted by Crippen LogP contribution is -2.09. The Morgan fingerprint density at radius 2 is 2.06 bits per heavy atom. The first-order valence-electron chi connectivity index (χ1n) is 10.6. The van der Waals surface area contributed by atoms with E-state index in [1.807, 2.05) is 56.5 Å². The Bertz CT molecular complexity index is 1100. The molecule has 6 heteroatoms. The molecule has 0 aliphatic carbocycles. The number of allylic oxidation sites excluding steroid dienone is 1. The van der Waals surface area contributed by atoms with Gasteiger partial charge >= 0.3 is 0 Å². The van der Waals surface area contributed by atoms with Gasteiger partial charge in [-0.15, -0.1) is 0 Å². The van der Waals surface area contributed by atoms with Crippen molar-refractivity contribution in [2.75, 3.05) is 10.6 Å². The summed E-state index contributed by atoms with van der Waals surface area (Å²) in [7, 11) is 0. The monoisotopic (exact) mass is 427 g/mol. The molecule has 0 bridgehead atoms. The van der Waals surface area contributed by atoms with Gasteiger partial charge in [-0.25, -0.2) is 4.99 Å². The standard InChI is InChI=1S/C26H29N5O/c1-18-12-13-23(15-27-18)20(3)31-25-10-7-9-22(14-25)19(2)30-21(4)28-17-29-26-11-6-5-8-24(26)16-32/h5-11,13-19,31H,3,12H2,1-2,4H3,(H,28,29,30). The zero-order valence-electron chi connectivity index (χ0n) is 18.7. The van der Waals surface area contributed by atoms with E-state index in [2.05, 4.69) is 51.3 Å². The molecule has 164 valence electrons. The molecule has 2 aromatic carbocycles. The van der Waals surface area contributed by atoms with Crippen LogP contribution in [0.15, 0.2) is 87.4 Å². The van der Waals surface area contributed by atoms with Gasteiger partial charge in [-0.05, 0) is 57.0 Å². The molecule has 0 saturated carbocycles. The number of rotatable bonds is 8. The minimum absolute atomic E-state index is 0.0688. The van der Waals surface area contributed by atoms with Crippen molar-refractivity contribution in [1.29, 1.82) is 0 Å². The number of benzene rings is 2. The van der Waals surface area contributed by atoms with E-state index in [0.29, 0.717) is 23.1 Å². The number of nitrogens with one attached hydrogen (secondary N) is 2. The number of carbonyl (C=O) groups excluding carboxylic acids is 1. The number of hydrogen-bond donors (Lipinski definition) is 2. The fraction of sp³-hybridized carbons (Fsp3) is 0.231. The first-order chi connectivity index (χ1) is 15.5. The molecule has 3 rings (SSSR count). The Morgan fingerprint density at radius 1 is 1.25 bits per heavy atom. The molecule has 1 aliphatic heterocycles. The number of anilines is 2. The van der Waals surface area contributed by atoms with Crippen molar-refractivity contribution in [3.05, 3.63) is 83.6 Å². The van der Waals surface area contributed by atoms with Crippen molar-refractivity contribution in [3.8, 4) is 0 Å². The number of aliphatic imine (C=N–C) groups is 3. The smallest absolute Gasteiger partial charge is 0.152 e. The van der Waals surface area contributed by atoms with Crippen LogP contribution in [0.25, 0.3) is 0 Å². The maximum atomic E-state index is 11.1. The molecular formula is C26H29N5O. The maximum Gasteiger partial charge on any atom is 0.152 e. The summed E-state index contributed by atoms with van der Waals surface area (Å²) < 4.78 is 0. The summed E-state index contributed by atoms with van der Waals surface area (Å²) in [6, 6.07) is 15.6. The van der Waals surface area contributed by atoms with Crippen LogP contribution < -0.4 is 10.6 Å². The molecule has 0 spiro atoms. The predicted octanol–water partition coefficient (Wildman–Crippen LogP) is 5.83. The van der Waals surface area contributed by atoms with Crippen LogP contribution in [0.3, 0.4) is 0 Å². The molecule has 2 N–H and O–H groups in total. The Hall–Kier alpha value is -3.80. The number of hydrogen-bond acceptors (Lipinski definition) is 4. The van der Waals surface area contributed by atoms with Crippen LogP contribution in [-0.2, 0) is 0 Å². The van der Waals surface area contributed by atoms with Gasteiger partial charge in [-0.1, -0.05) is 36.9 Å². The third kappa shape index (κ3) is 6.35. The number of carbonyl (C=O) groups is 1. The van der Waals surface area contributed by atoms with Crippen molar-refractivity contribution in [2.45, 2.75) is 39.3 Å². The van der Waals surface area contributed by atoms with E-state index >= 15 is 0 Å². The summed E-state index contributed by atoms with van der Waals surface area (Å²) >= 11 is 0. The molecule has 0 amide bonds. The lowest BCUT2D eigenvalue weighted by Gasteiger charge is -2.16. The first-order valence-corrected chi connectivity index (χ1v) is 10.6. The highest BCUT2D eigenvalue weighted by Crippen LogP contribution is 2.23. The van der Waals surface area contributed by atoms with Crippen molar-refractivity contribution >= 4 is 36.0 Å². The highest BCUT2D eigenvalue weighted by atomic mass is 16.1. The second kappa shape index (κ2) is 11.0. The zero-order chi connectivity index (χ0) is 22.9. The van der Waals surface area contributed by atoms with Crippen LogP contribution in [0.4, 0.5) is 11.4 Å². The van der Waals surface area contributed by atoms with Crippen molar-refractivity contribution < 1.29 is 4.79 Å². The number of nitrogens with zero attached hydrogens (tertiary/aromatic N) is 3. The van der Waals surface area contributed by atoms with Gasteiger partial charge in [0, 0.05) is 34.4 Å². The van der Waals surface area contributed by atoms with Crippen molar-refractivity contribution in [1.82, 2.24) is 0 Å². The normalized spacial score (nSPS) is 17.0. The van der Waals surface area contributed by atoms with Gasteiger partial charge in [0.05, 0.1) is 18.4 Å². The Morgan fingerprint density at radius 3 is 2.81 bits per heavy atom. The van der Waals surface area contributed by atoms with Gasteiger partial charge in [0.15, 0.2) is 6.29 Å². The van der Waals surface area contributed by atoms with E-state index in [-0.39, 0.29) is 6.04 Å². The van der Waals surface area contributed by atoms with Gasteiger partial charge in [-0.3, -0.25) is 14.8 Å². The SMILES string of the molecule is C=C(Nc1cccc(C(C)N=C(C)N=CNc2ccccc2C=O)c1)C1=CCC(C)N=C1. The number of aldehydes is 1. The topological polar surface area (TPSA) is 78.2 Å². The summed E-state index contributed by atoms with van der Waals surface area (Å²) in [5.41, 5.74) is 5.16. The molecule has 1 heterocycles. The molecule has 6 nitrogen and oxygen atoms in total. The highest BCUT2D eigenvalue weighted by Gasteiger charge is 2.09. The van der Waals surface area contributed by atoms with E-state index in [0.717, 1.165) is 35.2 Å². The quantitative estimate of drug-likeness (QED) is 0.316. The summed E-state index contributed by atoms with van der Waals surface area (Å²) in [5.74, 6) is 0.633. The summed E-state index contributed by atoms with van der Waals surface area (Å²) in [4.78, 5) is 24.6. The molecule has 2 unspecified atom stereocenters. The number of dihydropyridines is 1. The third-order valence-electron chi connectivity index (χ3n) is 5.10. The predicted molar refractivity (Wildman–Crippen MR) is 135 cm³/mol. The van der Waals surface area contributed by atoms with Crippen molar-refractivity contribution in [3.63, 3.8) is 0 Å². The molecule has 32 heavy (non-hydrogen) atoms. The Balaban J connectivity index is 1.62. The molecular weight excluding hydrogens is 398 g/mol. The van der Waals surface area contributed by atoms with Crippen LogP contribution in [0.5, 0.6) is 0 Å². The molecule has 2 atom stereocenters. The summed E-state index contributed by atoms with van der Waals surface area (Å²) in [6.07, 6.45) is 7.33. The van der Waals surface area contributed by atoms with Crippen LogP contribution >= 0.6 is 0 Å². The van der Waals surface area contributed by atoms with Crippen LogP contribution in [-0.4, -0.2) is 30.7 Å². The van der Waals surface area contributed by atoms with Crippen LogP contribution in [0.1, 0.15) is 49.2 Å². The summed E-state index contributed by atoms with van der Waals surface area (Å²) in [5, 5.41) is 6.40. The van der Waals surface area contributed by atoms with Crippen LogP contribution in [0.2, 0.25) is 0 Å². The van der Waals surface area contributed by atoms with Gasteiger partial charge in [0.2, 0.25) is 0 Å². The third-order valence-corrected chi connectivity index (χ3v) is 5.10. The van der Waals surface area contributed by atoms with E-state index in [4.69, 9.17) is 0 Å². The van der Waals surface area contributed by atoms with Gasteiger partial charge in [0.1, 0.15) is 5.84 Å². The van der Waals surface area contributed by atoms with Crippen LogP contribution in [0, 0.1) is 0 Å². The molecule has 2 aromatic rings. The van der Waals surface area contributed by atoms with E-state index in [9.17, 15) is 4.79 Å². The first kappa shape index (κ1) is 22.9. The zero-order valence-corrected chi connectivity index (χ0v) is 18.7. The lowest BCUT2D eigenvalue weighted by molar-refractivity contribution is 0.112. The molecule has 0 fully saturated rings. The van der Waals surface area contributed by atoms with Gasteiger partial charge < -0.3 is 10.6 Å². The average molecular weight is 428 g/mol. The molecule has 0 saturated heterocycles. The average Bonchev–Trinajstić information content (AvgIpc) is 2.80. The van der Waals surface area contributed by atoms with Gasteiger partial charge in [0.25, 0.3) is 0 Å². The van der Waals surface area contributed by atoms with E-state index in [1.165, 1.54) is 0 Å². The second-order valence-electron chi connectivity index (χ2n) is 7.71. The number of para-hydroxylation sites is 1. The second-order valence-corrected chi connectivity index (χ2v) is 7.71. The minimum Gasteiger partial charge on any atom is -0.355 e. The maximum absolute atomic E-state index is 11.1. The van der Waals surface area contributed by atoms with E-state index in [1.54, 1.807) is 12.4 Å². The minimum atomic E-state index is -0.0688. The van der Waals surface area contributed by atoms with Gasteiger partial charge in [-0.2, -0.15) is 0 Å². The van der Waals surface area contributed by atoms with E-state index < -0.39 is 0 Å². The Kier molecular flexibility index (Phi) is 7.86. The number of amidine groups is 1. The lowest BCUT2D eigenvalue weighted by atomic mass is 10.1. The molecule has 1 aliphatic rings. The summed E-state index contributed by atoms with van der Waals surface area (Å²) in [6.45, 7) is 10.1. The van der Waals surface area contributed by atoms with Crippen molar-refractivity contribution in [2.24, 2.45) is 15.0 Å². The largest absolute Gasteiger partial charge is 0.355 e. The fourth-order valence-electron chi connectivity index (χ4n) is 3.26. The Labute approximate surface area is 189 Å². The molecule has 0 aromatic heterocycles. The molecule has 0 radical (unpaired) electrons. The highest BCUT2D eigenvalue weighted by molar-refractivity contribution is 5.94.